The molecule has 0 saturated heterocycles. The third-order valence-electron chi connectivity index (χ3n) is 2.86. The summed E-state index contributed by atoms with van der Waals surface area (Å²) in [7, 11) is 0. The Bertz CT molecular complexity index is 671. The molecule has 114 valence electrons. The number of nitrogens with zero attached hydrogens (tertiary/aromatic N) is 1. The fourth-order valence-electron chi connectivity index (χ4n) is 1.84. The molecule has 0 aromatic heterocycles. The Hall–Kier alpha value is -3.09. The highest BCUT2D eigenvalue weighted by atomic mass is 16.6. The first-order valence-corrected chi connectivity index (χ1v) is 6.64. The van der Waals surface area contributed by atoms with Crippen molar-refractivity contribution >= 4 is 17.5 Å². The molecule has 2 N–H and O–H groups in total. The van der Waals surface area contributed by atoms with E-state index in [9.17, 15) is 14.9 Å². The van der Waals surface area contributed by atoms with E-state index in [1.807, 2.05) is 18.2 Å². The zero-order valence-electron chi connectivity index (χ0n) is 11.9. The van der Waals surface area contributed by atoms with E-state index in [1.54, 1.807) is 25.1 Å². The lowest BCUT2D eigenvalue weighted by atomic mass is 10.0. The Balaban J connectivity index is 2.10. The Morgan fingerprint density at radius 3 is 2.55 bits per heavy atom. The molecule has 0 radical (unpaired) electrons. The van der Waals surface area contributed by atoms with Crippen molar-refractivity contribution in [1.82, 2.24) is 5.43 Å². The van der Waals surface area contributed by atoms with Crippen LogP contribution in [0.4, 0.5) is 16.2 Å². The van der Waals surface area contributed by atoms with Gasteiger partial charge in [0.1, 0.15) is 0 Å². The fraction of sp³-hybridized carbons (Fsp3) is 0.133. The predicted octanol–water partition coefficient (Wildman–Crippen LogP) is 3.33. The normalized spacial score (nSPS) is 9.86. The average Bonchev–Trinajstić information content (AvgIpc) is 2.53. The SMILES string of the molecule is CCOC(=O)NNc1cccc(-c2ccc([N+](=O)[O-])cc2)c1. The lowest BCUT2D eigenvalue weighted by Gasteiger charge is -2.09. The van der Waals surface area contributed by atoms with Crippen molar-refractivity contribution in [3.05, 3.63) is 58.6 Å². The standard InChI is InChI=1S/C15H15N3O4/c1-2-22-15(19)17-16-13-5-3-4-12(10-13)11-6-8-14(9-7-11)18(20)21/h3-10,16H,2H2,1H3,(H,17,19). The number of hydrogen-bond donors (Lipinski definition) is 2. The van der Waals surface area contributed by atoms with E-state index in [0.29, 0.717) is 5.69 Å². The summed E-state index contributed by atoms with van der Waals surface area (Å²) in [6.07, 6.45) is -0.566. The number of hydrogen-bond acceptors (Lipinski definition) is 5. The van der Waals surface area contributed by atoms with Crippen molar-refractivity contribution < 1.29 is 14.5 Å². The second-order valence-electron chi connectivity index (χ2n) is 4.36. The lowest BCUT2D eigenvalue weighted by Crippen LogP contribution is -2.29. The number of non-ortho nitro benzene ring substituents is 1. The van der Waals surface area contributed by atoms with E-state index < -0.39 is 11.0 Å². The van der Waals surface area contributed by atoms with Gasteiger partial charge < -0.3 is 4.74 Å². The molecule has 0 unspecified atom stereocenters. The van der Waals surface area contributed by atoms with Gasteiger partial charge in [-0.15, -0.1) is 0 Å². The molecule has 0 aliphatic rings. The first-order valence-electron chi connectivity index (χ1n) is 6.64. The third-order valence-corrected chi connectivity index (χ3v) is 2.86. The van der Waals surface area contributed by atoms with Crippen LogP contribution in [0.5, 0.6) is 0 Å². The zero-order chi connectivity index (χ0) is 15.9. The Labute approximate surface area is 127 Å². The number of hydrazine groups is 1. The molecule has 0 aliphatic carbocycles. The van der Waals surface area contributed by atoms with Crippen LogP contribution in [0.2, 0.25) is 0 Å². The minimum Gasteiger partial charge on any atom is -0.449 e. The van der Waals surface area contributed by atoms with E-state index in [-0.39, 0.29) is 12.3 Å². The lowest BCUT2D eigenvalue weighted by molar-refractivity contribution is -0.384. The number of nitro groups is 1. The molecule has 0 fully saturated rings. The van der Waals surface area contributed by atoms with Gasteiger partial charge in [0, 0.05) is 12.1 Å². The minimum atomic E-state index is -0.566. The van der Waals surface area contributed by atoms with Crippen LogP contribution in [0.15, 0.2) is 48.5 Å². The number of nitrogens with one attached hydrogen (secondary N) is 2. The largest absolute Gasteiger partial charge is 0.449 e. The molecule has 0 bridgehead atoms. The van der Waals surface area contributed by atoms with Gasteiger partial charge in [-0.05, 0) is 42.3 Å². The average molecular weight is 301 g/mol. The summed E-state index contributed by atoms with van der Waals surface area (Å²) >= 11 is 0. The van der Waals surface area contributed by atoms with Gasteiger partial charge in [-0.3, -0.25) is 15.5 Å². The van der Waals surface area contributed by atoms with E-state index >= 15 is 0 Å². The van der Waals surface area contributed by atoms with Gasteiger partial charge in [0.05, 0.1) is 17.2 Å². The smallest absolute Gasteiger partial charge is 0.425 e. The molecule has 0 heterocycles. The van der Waals surface area contributed by atoms with Crippen LogP contribution in [0.3, 0.4) is 0 Å². The summed E-state index contributed by atoms with van der Waals surface area (Å²) in [5.74, 6) is 0. The number of ether oxygens (including phenoxy) is 1. The number of carbonyl (C=O) groups excluding carboxylic acids is 1. The first kappa shape index (κ1) is 15.3. The number of benzene rings is 2. The van der Waals surface area contributed by atoms with Crippen molar-refractivity contribution in [2.75, 3.05) is 12.0 Å². The summed E-state index contributed by atoms with van der Waals surface area (Å²) in [6.45, 7) is 2.01. The van der Waals surface area contributed by atoms with Crippen molar-refractivity contribution in [3.63, 3.8) is 0 Å². The fourth-order valence-corrected chi connectivity index (χ4v) is 1.84. The third kappa shape index (κ3) is 3.95. The van der Waals surface area contributed by atoms with Crippen molar-refractivity contribution in [2.24, 2.45) is 0 Å². The number of anilines is 1. The quantitative estimate of drug-likeness (QED) is 0.652. The molecule has 0 aliphatic heterocycles. The van der Waals surface area contributed by atoms with Crippen molar-refractivity contribution in [3.8, 4) is 11.1 Å². The van der Waals surface area contributed by atoms with E-state index in [2.05, 4.69) is 10.9 Å². The highest BCUT2D eigenvalue weighted by molar-refractivity contribution is 5.72. The Kier molecular flexibility index (Phi) is 4.92. The van der Waals surface area contributed by atoms with Gasteiger partial charge in [-0.1, -0.05) is 12.1 Å². The summed E-state index contributed by atoms with van der Waals surface area (Å²) in [6, 6.07) is 13.5. The monoisotopic (exact) mass is 301 g/mol. The molecule has 7 nitrogen and oxygen atoms in total. The number of nitro benzene ring substituents is 1. The highest BCUT2D eigenvalue weighted by Gasteiger charge is 2.06. The molecule has 0 spiro atoms. The number of rotatable bonds is 5. The van der Waals surface area contributed by atoms with Crippen molar-refractivity contribution in [2.45, 2.75) is 6.92 Å². The second kappa shape index (κ2) is 7.07. The first-order chi connectivity index (χ1) is 10.6. The van der Waals surface area contributed by atoms with Crippen LogP contribution in [0.1, 0.15) is 6.92 Å². The van der Waals surface area contributed by atoms with Gasteiger partial charge >= 0.3 is 6.09 Å². The maximum Gasteiger partial charge on any atom is 0.425 e. The van der Waals surface area contributed by atoms with Crippen LogP contribution in [-0.2, 0) is 4.74 Å². The zero-order valence-corrected chi connectivity index (χ0v) is 11.9. The topological polar surface area (TPSA) is 93.5 Å². The molecule has 2 aromatic carbocycles. The van der Waals surface area contributed by atoms with E-state index in [0.717, 1.165) is 11.1 Å². The molecule has 0 atom stereocenters. The number of amides is 1. The van der Waals surface area contributed by atoms with Gasteiger partial charge in [0.15, 0.2) is 0 Å². The maximum atomic E-state index is 11.2. The van der Waals surface area contributed by atoms with Crippen LogP contribution in [0, 0.1) is 10.1 Å². The van der Waals surface area contributed by atoms with Crippen LogP contribution < -0.4 is 10.9 Å². The van der Waals surface area contributed by atoms with Gasteiger partial charge in [-0.25, -0.2) is 10.2 Å². The van der Waals surface area contributed by atoms with E-state index in [1.165, 1.54) is 12.1 Å². The van der Waals surface area contributed by atoms with E-state index in [4.69, 9.17) is 4.74 Å². The van der Waals surface area contributed by atoms with Gasteiger partial charge in [-0.2, -0.15) is 0 Å². The van der Waals surface area contributed by atoms with Crippen LogP contribution in [-0.4, -0.2) is 17.6 Å². The molecular formula is C15H15N3O4. The molecule has 2 rings (SSSR count). The second-order valence-corrected chi connectivity index (χ2v) is 4.36. The highest BCUT2D eigenvalue weighted by Crippen LogP contribution is 2.24. The predicted molar refractivity (Wildman–Crippen MR) is 82.3 cm³/mol. The summed E-state index contributed by atoms with van der Waals surface area (Å²) in [4.78, 5) is 21.4. The molecule has 0 saturated carbocycles. The summed E-state index contributed by atoms with van der Waals surface area (Å²) in [5.41, 5.74) is 7.56. The molecular weight excluding hydrogens is 286 g/mol. The minimum absolute atomic E-state index is 0.0435. The summed E-state index contributed by atoms with van der Waals surface area (Å²) < 4.78 is 4.74. The van der Waals surface area contributed by atoms with Crippen LogP contribution >= 0.6 is 0 Å². The molecule has 22 heavy (non-hydrogen) atoms. The Morgan fingerprint density at radius 2 is 1.91 bits per heavy atom. The van der Waals surface area contributed by atoms with Gasteiger partial charge in [0.25, 0.3) is 5.69 Å². The van der Waals surface area contributed by atoms with Gasteiger partial charge in [0.2, 0.25) is 0 Å². The van der Waals surface area contributed by atoms with Crippen molar-refractivity contribution in [1.29, 1.82) is 0 Å². The Morgan fingerprint density at radius 1 is 1.18 bits per heavy atom. The van der Waals surface area contributed by atoms with Crippen LogP contribution in [0.25, 0.3) is 11.1 Å². The summed E-state index contributed by atoms with van der Waals surface area (Å²) in [5, 5.41) is 10.6. The molecule has 1 amide bonds. The maximum absolute atomic E-state index is 11.2. The number of carbonyl (C=O) groups is 1. The molecule has 7 heteroatoms. The molecule has 2 aromatic rings.